The number of nitrogens with zero attached hydrogens (tertiary/aromatic N) is 1. The topological polar surface area (TPSA) is 59.8 Å². The second-order valence-electron chi connectivity index (χ2n) is 4.49. The van der Waals surface area contributed by atoms with Gasteiger partial charge in [0, 0.05) is 11.8 Å². The van der Waals surface area contributed by atoms with Gasteiger partial charge in [0.1, 0.15) is 11.3 Å². The Morgan fingerprint density at radius 3 is 2.71 bits per heavy atom. The normalized spacial score (nSPS) is 10.9. The van der Waals surface area contributed by atoms with Crippen molar-refractivity contribution in [1.29, 1.82) is 0 Å². The molecule has 0 radical (unpaired) electrons. The number of thioether (sulfide) groups is 1. The lowest BCUT2D eigenvalue weighted by atomic mass is 10.2. The van der Waals surface area contributed by atoms with Crippen molar-refractivity contribution in [2.45, 2.75) is 10.8 Å². The summed E-state index contributed by atoms with van der Waals surface area (Å²) in [6.07, 6.45) is 0. The molecule has 21 heavy (non-hydrogen) atoms. The van der Waals surface area contributed by atoms with Crippen LogP contribution in [-0.4, -0.2) is 4.98 Å². The van der Waals surface area contributed by atoms with Crippen LogP contribution in [0.4, 0.5) is 4.39 Å². The molecule has 2 aromatic carbocycles. The van der Waals surface area contributed by atoms with Crippen LogP contribution in [0.25, 0.3) is 11.0 Å². The maximum absolute atomic E-state index is 13.2. The van der Waals surface area contributed by atoms with E-state index in [2.05, 4.69) is 4.98 Å². The molecule has 0 aliphatic rings. The van der Waals surface area contributed by atoms with Gasteiger partial charge in [-0.1, -0.05) is 30.3 Å². The summed E-state index contributed by atoms with van der Waals surface area (Å²) in [6, 6.07) is 13.2. The van der Waals surface area contributed by atoms with Crippen molar-refractivity contribution in [1.82, 2.24) is 4.98 Å². The molecule has 0 saturated carbocycles. The highest BCUT2D eigenvalue weighted by Gasteiger charge is 2.17. The lowest BCUT2D eigenvalue weighted by Gasteiger charge is -2.06. The quantitative estimate of drug-likeness (QED) is 0.459. The molecule has 3 rings (SSSR count). The first kappa shape index (κ1) is 13.6. The summed E-state index contributed by atoms with van der Waals surface area (Å²) >= 11 is 1.13. The first-order valence-electron chi connectivity index (χ1n) is 6.27. The number of hydrogen-bond donors (Lipinski definition) is 1. The molecule has 0 amide bonds. The van der Waals surface area contributed by atoms with Gasteiger partial charge in [-0.15, -0.1) is 0 Å². The standard InChI is InChI=1S/C15H11FN2O2S/c16-11-6-7-12-13(8-11)18(20)15(14(19)17-12)21-9-10-4-2-1-3-5-10/h1-8H,9H2,(H,17,19). The zero-order valence-corrected chi connectivity index (χ0v) is 11.7. The molecule has 0 fully saturated rings. The zero-order chi connectivity index (χ0) is 14.8. The Labute approximate surface area is 123 Å². The average Bonchev–Trinajstić information content (AvgIpc) is 2.49. The largest absolute Gasteiger partial charge is 0.617 e. The molecule has 0 aliphatic heterocycles. The van der Waals surface area contributed by atoms with E-state index in [1.807, 2.05) is 30.3 Å². The Balaban J connectivity index is 2.00. The van der Waals surface area contributed by atoms with Crippen LogP contribution in [0.3, 0.4) is 0 Å². The lowest BCUT2D eigenvalue weighted by molar-refractivity contribution is -0.620. The number of benzene rings is 2. The van der Waals surface area contributed by atoms with Crippen LogP contribution in [-0.2, 0) is 5.75 Å². The van der Waals surface area contributed by atoms with Crippen LogP contribution in [0.15, 0.2) is 58.4 Å². The third-order valence-electron chi connectivity index (χ3n) is 3.02. The Morgan fingerprint density at radius 2 is 1.95 bits per heavy atom. The molecule has 0 unspecified atom stereocenters. The van der Waals surface area contributed by atoms with Gasteiger partial charge in [-0.3, -0.25) is 4.79 Å². The summed E-state index contributed by atoms with van der Waals surface area (Å²) in [5.41, 5.74) is 0.969. The maximum Gasteiger partial charge on any atom is 0.329 e. The molecule has 3 aromatic rings. The molecular weight excluding hydrogens is 291 g/mol. The summed E-state index contributed by atoms with van der Waals surface area (Å²) in [7, 11) is 0. The number of fused-ring (bicyclic) bond motifs is 1. The van der Waals surface area contributed by atoms with Crippen LogP contribution in [0.1, 0.15) is 5.56 Å². The second-order valence-corrected chi connectivity index (χ2v) is 5.45. The molecule has 0 saturated heterocycles. The van der Waals surface area contributed by atoms with Crippen molar-refractivity contribution in [2.24, 2.45) is 0 Å². The SMILES string of the molecule is O=c1[nH]c2ccc(F)cc2[n+]([O-])c1SCc1ccccc1. The smallest absolute Gasteiger partial charge is 0.329 e. The van der Waals surface area contributed by atoms with Gasteiger partial charge in [0.25, 0.3) is 0 Å². The molecule has 0 aliphatic carbocycles. The van der Waals surface area contributed by atoms with Crippen LogP contribution in [0.5, 0.6) is 0 Å². The summed E-state index contributed by atoms with van der Waals surface area (Å²) in [5.74, 6) is -0.0226. The minimum Gasteiger partial charge on any atom is -0.617 e. The van der Waals surface area contributed by atoms with Crippen molar-refractivity contribution >= 4 is 22.8 Å². The predicted molar refractivity (Wildman–Crippen MR) is 79.5 cm³/mol. The van der Waals surface area contributed by atoms with Gasteiger partial charge in [0.05, 0.1) is 0 Å². The number of aromatic nitrogens is 2. The summed E-state index contributed by atoms with van der Waals surface area (Å²) < 4.78 is 13.7. The predicted octanol–water partition coefficient (Wildman–Crippen LogP) is 2.59. The Kier molecular flexibility index (Phi) is 3.62. The summed E-state index contributed by atoms with van der Waals surface area (Å²) in [6.45, 7) is 0. The highest BCUT2D eigenvalue weighted by molar-refractivity contribution is 7.98. The van der Waals surface area contributed by atoms with E-state index in [-0.39, 0.29) is 10.5 Å². The Hall–Kier alpha value is -2.34. The van der Waals surface area contributed by atoms with Crippen molar-refractivity contribution in [3.8, 4) is 0 Å². The zero-order valence-electron chi connectivity index (χ0n) is 10.9. The van der Waals surface area contributed by atoms with Gasteiger partial charge in [-0.25, -0.2) is 4.39 Å². The van der Waals surface area contributed by atoms with Gasteiger partial charge in [-0.2, -0.15) is 4.73 Å². The number of H-pyrrole nitrogens is 1. The van der Waals surface area contributed by atoms with Crippen molar-refractivity contribution in [2.75, 3.05) is 0 Å². The van der Waals surface area contributed by atoms with E-state index < -0.39 is 11.4 Å². The van der Waals surface area contributed by atoms with E-state index in [0.29, 0.717) is 16.0 Å². The molecule has 0 atom stereocenters. The van der Waals surface area contributed by atoms with E-state index in [4.69, 9.17) is 0 Å². The van der Waals surface area contributed by atoms with E-state index in [1.54, 1.807) is 0 Å². The van der Waals surface area contributed by atoms with Crippen molar-refractivity contribution < 1.29 is 9.12 Å². The average molecular weight is 302 g/mol. The molecule has 1 heterocycles. The Bertz CT molecular complexity index is 849. The van der Waals surface area contributed by atoms with E-state index in [0.717, 1.165) is 23.4 Å². The maximum atomic E-state index is 13.2. The highest BCUT2D eigenvalue weighted by Crippen LogP contribution is 2.18. The van der Waals surface area contributed by atoms with Gasteiger partial charge >= 0.3 is 10.6 Å². The van der Waals surface area contributed by atoms with Crippen molar-refractivity contribution in [3.63, 3.8) is 0 Å². The first-order chi connectivity index (χ1) is 10.1. The van der Waals surface area contributed by atoms with Gasteiger partial charge < -0.3 is 10.2 Å². The van der Waals surface area contributed by atoms with Crippen LogP contribution in [0.2, 0.25) is 0 Å². The van der Waals surface area contributed by atoms with E-state index in [1.165, 1.54) is 12.1 Å². The molecule has 4 nitrogen and oxygen atoms in total. The number of aromatic amines is 1. The highest BCUT2D eigenvalue weighted by atomic mass is 32.2. The third-order valence-corrected chi connectivity index (χ3v) is 4.13. The number of hydrogen-bond acceptors (Lipinski definition) is 3. The molecule has 106 valence electrons. The number of nitrogens with one attached hydrogen (secondary N) is 1. The minimum absolute atomic E-state index is 0.0111. The van der Waals surface area contributed by atoms with Gasteiger partial charge in [0.2, 0.25) is 5.52 Å². The molecule has 0 bridgehead atoms. The molecular formula is C15H11FN2O2S. The molecule has 6 heteroatoms. The van der Waals surface area contributed by atoms with Gasteiger partial charge in [0.15, 0.2) is 0 Å². The second kappa shape index (κ2) is 5.57. The summed E-state index contributed by atoms with van der Waals surface area (Å²) in [5, 5.41) is 12.2. The molecule has 1 aromatic heterocycles. The van der Waals surface area contributed by atoms with Crippen LogP contribution >= 0.6 is 11.8 Å². The fourth-order valence-corrected chi connectivity index (χ4v) is 2.90. The van der Waals surface area contributed by atoms with Crippen LogP contribution < -0.4 is 10.3 Å². The lowest BCUT2D eigenvalue weighted by Crippen LogP contribution is -2.37. The van der Waals surface area contributed by atoms with E-state index in [9.17, 15) is 14.4 Å². The molecule has 1 N–H and O–H groups in total. The fourth-order valence-electron chi connectivity index (χ4n) is 2.01. The monoisotopic (exact) mass is 302 g/mol. The summed E-state index contributed by atoms with van der Waals surface area (Å²) in [4.78, 5) is 14.6. The number of rotatable bonds is 3. The van der Waals surface area contributed by atoms with Gasteiger partial charge in [-0.05, 0) is 29.5 Å². The fraction of sp³-hybridized carbons (Fsp3) is 0.0667. The Morgan fingerprint density at radius 1 is 1.19 bits per heavy atom. The minimum atomic E-state index is -0.516. The first-order valence-corrected chi connectivity index (χ1v) is 7.25. The van der Waals surface area contributed by atoms with Crippen molar-refractivity contribution in [3.05, 3.63) is 75.5 Å². The third kappa shape index (κ3) is 2.75. The van der Waals surface area contributed by atoms with Crippen LogP contribution in [0, 0.1) is 11.0 Å². The molecule has 0 spiro atoms. The number of halogens is 1. The van der Waals surface area contributed by atoms with E-state index >= 15 is 0 Å².